The van der Waals surface area contributed by atoms with Gasteiger partial charge in [0.05, 0.1) is 0 Å². The van der Waals surface area contributed by atoms with Gasteiger partial charge in [-0.1, -0.05) is 0 Å². The molecule has 3 N–H and O–H groups in total. The van der Waals surface area contributed by atoms with Crippen LogP contribution in [0.5, 0.6) is 0 Å². The molecule has 0 saturated heterocycles. The van der Waals surface area contributed by atoms with Gasteiger partial charge in [-0.2, -0.15) is 0 Å². The lowest BCUT2D eigenvalue weighted by atomic mass is 10.3. The van der Waals surface area contributed by atoms with E-state index in [-0.39, 0.29) is 11.8 Å². The largest absolute Gasteiger partial charge is 0.356 e. The van der Waals surface area contributed by atoms with Crippen LogP contribution >= 0.6 is 0 Å². The number of hydrogen-bond donors (Lipinski definition) is 3. The Bertz CT molecular complexity index is 299. The average Bonchev–Trinajstić information content (AvgIpc) is 3.19. The van der Waals surface area contributed by atoms with E-state index in [0.29, 0.717) is 31.5 Å². The molecule has 0 aromatic heterocycles. The Morgan fingerprint density at radius 2 is 1.61 bits per heavy atom. The van der Waals surface area contributed by atoms with Crippen molar-refractivity contribution in [1.29, 1.82) is 0 Å². The molecule has 2 aliphatic carbocycles. The zero-order valence-corrected chi connectivity index (χ0v) is 10.8. The average molecular weight is 253 g/mol. The summed E-state index contributed by atoms with van der Waals surface area (Å²) in [7, 11) is 0. The second-order valence-electron chi connectivity index (χ2n) is 5.27. The van der Waals surface area contributed by atoms with Crippen LogP contribution < -0.4 is 16.0 Å². The highest BCUT2D eigenvalue weighted by atomic mass is 16.2. The predicted molar refractivity (Wildman–Crippen MR) is 69.1 cm³/mol. The highest BCUT2D eigenvalue weighted by molar-refractivity contribution is 5.77. The molecule has 0 heterocycles. The van der Waals surface area contributed by atoms with Gasteiger partial charge in [0, 0.05) is 38.0 Å². The number of nitrogens with one attached hydrogen (secondary N) is 3. The normalized spacial score (nSPS) is 18.4. The fourth-order valence-corrected chi connectivity index (χ4v) is 1.77. The van der Waals surface area contributed by atoms with Crippen LogP contribution in [0.2, 0.25) is 0 Å². The van der Waals surface area contributed by atoms with Crippen LogP contribution in [-0.4, -0.2) is 37.0 Å². The number of rotatable bonds is 9. The second-order valence-corrected chi connectivity index (χ2v) is 5.27. The number of carbonyl (C=O) groups excluding carboxylic acids is 2. The van der Waals surface area contributed by atoms with Crippen LogP contribution in [0, 0.1) is 0 Å². The first-order valence-electron chi connectivity index (χ1n) is 7.03. The Morgan fingerprint density at radius 3 is 2.28 bits per heavy atom. The third-order valence-electron chi connectivity index (χ3n) is 3.21. The van der Waals surface area contributed by atoms with Gasteiger partial charge in [-0.25, -0.2) is 0 Å². The molecule has 0 aromatic rings. The maximum atomic E-state index is 11.4. The van der Waals surface area contributed by atoms with Gasteiger partial charge in [0.15, 0.2) is 0 Å². The van der Waals surface area contributed by atoms with E-state index in [1.165, 1.54) is 12.8 Å². The lowest BCUT2D eigenvalue weighted by Gasteiger charge is -2.06. The molecule has 2 fully saturated rings. The van der Waals surface area contributed by atoms with Crippen molar-refractivity contribution in [3.8, 4) is 0 Å². The number of amides is 2. The van der Waals surface area contributed by atoms with Gasteiger partial charge in [0.1, 0.15) is 0 Å². The quantitative estimate of drug-likeness (QED) is 0.518. The third kappa shape index (κ3) is 6.00. The lowest BCUT2D eigenvalue weighted by molar-refractivity contribution is -0.123. The Hall–Kier alpha value is -1.10. The number of hydrogen-bond acceptors (Lipinski definition) is 3. The summed E-state index contributed by atoms with van der Waals surface area (Å²) >= 11 is 0. The molecule has 2 saturated carbocycles. The summed E-state index contributed by atoms with van der Waals surface area (Å²) in [4.78, 5) is 22.8. The van der Waals surface area contributed by atoms with Crippen molar-refractivity contribution < 1.29 is 9.59 Å². The van der Waals surface area contributed by atoms with E-state index >= 15 is 0 Å². The van der Waals surface area contributed by atoms with Crippen molar-refractivity contribution in [2.24, 2.45) is 0 Å². The predicted octanol–water partition coefficient (Wildman–Crippen LogP) is 0.303. The van der Waals surface area contributed by atoms with Crippen LogP contribution in [0.1, 0.15) is 44.9 Å². The second kappa shape index (κ2) is 6.73. The molecular weight excluding hydrogens is 230 g/mol. The molecule has 0 radical (unpaired) electrons. The molecule has 2 rings (SSSR count). The van der Waals surface area contributed by atoms with Gasteiger partial charge in [-0.05, 0) is 32.1 Å². The van der Waals surface area contributed by atoms with Crippen molar-refractivity contribution in [3.63, 3.8) is 0 Å². The molecule has 0 bridgehead atoms. The van der Waals surface area contributed by atoms with Gasteiger partial charge in [0.2, 0.25) is 11.8 Å². The molecule has 0 aromatic carbocycles. The van der Waals surface area contributed by atoms with Crippen LogP contribution in [0.15, 0.2) is 0 Å². The van der Waals surface area contributed by atoms with Gasteiger partial charge in [-0.15, -0.1) is 0 Å². The van der Waals surface area contributed by atoms with Crippen molar-refractivity contribution in [1.82, 2.24) is 16.0 Å². The molecule has 0 unspecified atom stereocenters. The maximum absolute atomic E-state index is 11.4. The summed E-state index contributed by atoms with van der Waals surface area (Å²) in [5.74, 6) is 0.188. The summed E-state index contributed by atoms with van der Waals surface area (Å²) in [6.45, 7) is 1.36. The molecule has 2 aliphatic rings. The van der Waals surface area contributed by atoms with Crippen molar-refractivity contribution in [2.45, 2.75) is 57.0 Å². The summed E-state index contributed by atoms with van der Waals surface area (Å²) in [6, 6.07) is 1.09. The molecule has 5 heteroatoms. The van der Waals surface area contributed by atoms with Crippen LogP contribution in [0.4, 0.5) is 0 Å². The zero-order valence-electron chi connectivity index (χ0n) is 10.8. The zero-order chi connectivity index (χ0) is 12.8. The molecule has 2 amide bonds. The highest BCUT2D eigenvalue weighted by Gasteiger charge is 2.22. The smallest absolute Gasteiger partial charge is 0.221 e. The van der Waals surface area contributed by atoms with E-state index in [2.05, 4.69) is 16.0 Å². The van der Waals surface area contributed by atoms with Crippen LogP contribution in [-0.2, 0) is 9.59 Å². The van der Waals surface area contributed by atoms with Gasteiger partial charge in [0.25, 0.3) is 0 Å². The van der Waals surface area contributed by atoms with Gasteiger partial charge < -0.3 is 16.0 Å². The summed E-state index contributed by atoms with van der Waals surface area (Å²) in [5.41, 5.74) is 0. The van der Waals surface area contributed by atoms with E-state index in [0.717, 1.165) is 25.8 Å². The van der Waals surface area contributed by atoms with E-state index in [1.54, 1.807) is 0 Å². The molecule has 0 aliphatic heterocycles. The minimum atomic E-state index is 0.0748. The summed E-state index contributed by atoms with van der Waals surface area (Å²) in [5, 5.41) is 9.08. The van der Waals surface area contributed by atoms with E-state index in [4.69, 9.17) is 0 Å². The standard InChI is InChI=1S/C13H23N3O2/c17-12(7-9-14-10-3-4-10)15-8-1-2-13(18)16-11-5-6-11/h10-11,14H,1-9H2,(H,15,17)(H,16,18). The topological polar surface area (TPSA) is 70.2 Å². The molecule has 0 spiro atoms. The minimum absolute atomic E-state index is 0.0748. The van der Waals surface area contributed by atoms with E-state index in [9.17, 15) is 9.59 Å². The van der Waals surface area contributed by atoms with Crippen LogP contribution in [0.3, 0.4) is 0 Å². The fourth-order valence-electron chi connectivity index (χ4n) is 1.77. The third-order valence-corrected chi connectivity index (χ3v) is 3.21. The SMILES string of the molecule is O=C(CCNC1CC1)NCCCC(=O)NC1CC1. The molecule has 0 atom stereocenters. The Morgan fingerprint density at radius 1 is 0.889 bits per heavy atom. The fraction of sp³-hybridized carbons (Fsp3) is 0.846. The Labute approximate surface area is 108 Å². The minimum Gasteiger partial charge on any atom is -0.356 e. The van der Waals surface area contributed by atoms with Crippen molar-refractivity contribution >= 4 is 11.8 Å². The summed E-state index contributed by atoms with van der Waals surface area (Å²) in [6.07, 6.45) is 6.50. The summed E-state index contributed by atoms with van der Waals surface area (Å²) < 4.78 is 0. The van der Waals surface area contributed by atoms with Crippen molar-refractivity contribution in [3.05, 3.63) is 0 Å². The number of carbonyl (C=O) groups is 2. The van der Waals surface area contributed by atoms with Crippen LogP contribution in [0.25, 0.3) is 0 Å². The molecular formula is C13H23N3O2. The first-order chi connectivity index (χ1) is 8.74. The van der Waals surface area contributed by atoms with E-state index < -0.39 is 0 Å². The molecule has 5 nitrogen and oxygen atoms in total. The Kier molecular flexibility index (Phi) is 4.99. The molecule has 102 valence electrons. The molecule has 18 heavy (non-hydrogen) atoms. The highest BCUT2D eigenvalue weighted by Crippen LogP contribution is 2.18. The van der Waals surface area contributed by atoms with Crippen molar-refractivity contribution in [2.75, 3.05) is 13.1 Å². The van der Waals surface area contributed by atoms with Gasteiger partial charge >= 0.3 is 0 Å². The monoisotopic (exact) mass is 253 g/mol. The first-order valence-corrected chi connectivity index (χ1v) is 7.03. The Balaban J connectivity index is 1.38. The van der Waals surface area contributed by atoms with Gasteiger partial charge in [-0.3, -0.25) is 9.59 Å². The lowest BCUT2D eigenvalue weighted by Crippen LogP contribution is -2.30. The maximum Gasteiger partial charge on any atom is 0.221 e. The van der Waals surface area contributed by atoms with E-state index in [1.807, 2.05) is 0 Å². The first kappa shape index (κ1) is 13.3.